The predicted molar refractivity (Wildman–Crippen MR) is 111 cm³/mol. The SMILES string of the molecule is Bc1ccccc1-n1c(C)cc(C(=O)Nc2ccc(S(C)(=O)=O)cc2)c1C. The lowest BCUT2D eigenvalue weighted by Gasteiger charge is -2.13. The van der Waals surface area contributed by atoms with Crippen molar-refractivity contribution in [1.82, 2.24) is 4.57 Å². The summed E-state index contributed by atoms with van der Waals surface area (Å²) >= 11 is 0. The van der Waals surface area contributed by atoms with Crippen molar-refractivity contribution in [3.63, 3.8) is 0 Å². The Labute approximate surface area is 160 Å². The van der Waals surface area contributed by atoms with Gasteiger partial charge in [0, 0.05) is 29.0 Å². The zero-order chi connectivity index (χ0) is 19.8. The number of sulfone groups is 1. The molecule has 0 saturated heterocycles. The maximum absolute atomic E-state index is 12.8. The van der Waals surface area contributed by atoms with Crippen LogP contribution in [0.1, 0.15) is 21.7 Å². The van der Waals surface area contributed by atoms with Gasteiger partial charge in [-0.1, -0.05) is 23.7 Å². The number of carbonyl (C=O) groups excluding carboxylic acids is 1. The molecule has 1 N–H and O–H groups in total. The van der Waals surface area contributed by atoms with E-state index in [4.69, 9.17) is 0 Å². The summed E-state index contributed by atoms with van der Waals surface area (Å²) in [5.74, 6) is -0.227. The molecule has 27 heavy (non-hydrogen) atoms. The smallest absolute Gasteiger partial charge is 0.257 e. The van der Waals surface area contributed by atoms with E-state index in [1.807, 2.05) is 52.0 Å². The summed E-state index contributed by atoms with van der Waals surface area (Å²) < 4.78 is 25.2. The van der Waals surface area contributed by atoms with Crippen molar-refractivity contribution in [2.24, 2.45) is 0 Å². The van der Waals surface area contributed by atoms with Crippen LogP contribution in [0.4, 0.5) is 5.69 Å². The number of benzene rings is 2. The van der Waals surface area contributed by atoms with E-state index >= 15 is 0 Å². The first-order chi connectivity index (χ1) is 12.7. The molecule has 0 fully saturated rings. The van der Waals surface area contributed by atoms with E-state index < -0.39 is 9.84 Å². The quantitative estimate of drug-likeness (QED) is 0.704. The van der Waals surface area contributed by atoms with Crippen molar-refractivity contribution in [2.75, 3.05) is 11.6 Å². The number of hydrogen-bond acceptors (Lipinski definition) is 3. The van der Waals surface area contributed by atoms with E-state index in [0.717, 1.165) is 28.8 Å². The van der Waals surface area contributed by atoms with Crippen molar-refractivity contribution in [3.05, 3.63) is 71.5 Å². The lowest BCUT2D eigenvalue weighted by Crippen LogP contribution is -2.16. The Bertz CT molecular complexity index is 1120. The van der Waals surface area contributed by atoms with E-state index in [0.29, 0.717) is 11.3 Å². The number of carbonyl (C=O) groups is 1. The highest BCUT2D eigenvalue weighted by molar-refractivity contribution is 7.90. The molecule has 7 heteroatoms. The first-order valence-electron chi connectivity index (χ1n) is 8.55. The molecule has 3 rings (SSSR count). The van der Waals surface area contributed by atoms with Gasteiger partial charge in [0.1, 0.15) is 7.85 Å². The van der Waals surface area contributed by atoms with Gasteiger partial charge in [-0.2, -0.15) is 0 Å². The monoisotopic (exact) mass is 380 g/mol. The summed E-state index contributed by atoms with van der Waals surface area (Å²) in [5.41, 5.74) is 5.13. The summed E-state index contributed by atoms with van der Waals surface area (Å²) in [7, 11) is -1.22. The van der Waals surface area contributed by atoms with Crippen LogP contribution in [0, 0.1) is 13.8 Å². The average Bonchev–Trinajstić information content (AvgIpc) is 2.90. The number of nitrogens with zero attached hydrogens (tertiary/aromatic N) is 1. The van der Waals surface area contributed by atoms with Crippen LogP contribution in [-0.4, -0.2) is 33.0 Å². The number of aryl methyl sites for hydroxylation is 1. The minimum Gasteiger partial charge on any atom is -0.322 e. The van der Waals surface area contributed by atoms with Crippen molar-refractivity contribution in [2.45, 2.75) is 18.7 Å². The molecule has 0 unspecified atom stereocenters. The molecule has 0 spiro atoms. The van der Waals surface area contributed by atoms with Gasteiger partial charge < -0.3 is 9.88 Å². The normalized spacial score (nSPS) is 11.4. The number of rotatable bonds is 4. The van der Waals surface area contributed by atoms with E-state index in [1.165, 1.54) is 12.1 Å². The molecule has 5 nitrogen and oxygen atoms in total. The third kappa shape index (κ3) is 3.83. The second kappa shape index (κ2) is 7.08. The summed E-state index contributed by atoms with van der Waals surface area (Å²) in [6.07, 6.45) is 1.15. The first-order valence-corrected chi connectivity index (χ1v) is 10.4. The maximum Gasteiger partial charge on any atom is 0.257 e. The Hall–Kier alpha value is -2.80. The molecular formula is C20H21BN2O3S. The maximum atomic E-state index is 12.8. The summed E-state index contributed by atoms with van der Waals surface area (Å²) in [4.78, 5) is 13.0. The first kappa shape index (κ1) is 19.0. The van der Waals surface area contributed by atoms with Gasteiger partial charge in [0.25, 0.3) is 5.91 Å². The zero-order valence-corrected chi connectivity index (χ0v) is 16.6. The summed E-state index contributed by atoms with van der Waals surface area (Å²) in [6.45, 7) is 3.89. The second-order valence-corrected chi connectivity index (χ2v) is 8.67. The standard InChI is InChI=1S/C20H21BN2O3S/c1-13-12-17(14(2)23(13)19-7-5-4-6-18(19)21)20(24)22-15-8-10-16(11-9-15)27(3,25)26/h4-12H,21H2,1-3H3,(H,22,24). The number of aromatic nitrogens is 1. The Kier molecular flexibility index (Phi) is 4.98. The third-order valence-corrected chi connectivity index (χ3v) is 5.70. The van der Waals surface area contributed by atoms with Gasteiger partial charge >= 0.3 is 0 Å². The van der Waals surface area contributed by atoms with Crippen molar-refractivity contribution >= 4 is 34.7 Å². The molecule has 3 aromatic rings. The van der Waals surface area contributed by atoms with Gasteiger partial charge in [0.05, 0.1) is 10.5 Å². The number of hydrogen-bond donors (Lipinski definition) is 1. The largest absolute Gasteiger partial charge is 0.322 e. The van der Waals surface area contributed by atoms with Crippen molar-refractivity contribution in [1.29, 1.82) is 0 Å². The van der Waals surface area contributed by atoms with E-state index in [1.54, 1.807) is 12.1 Å². The molecule has 2 aromatic carbocycles. The number of nitrogens with one attached hydrogen (secondary N) is 1. The fraction of sp³-hybridized carbons (Fsp3) is 0.150. The summed E-state index contributed by atoms with van der Waals surface area (Å²) in [6, 6.07) is 16.1. The number of amides is 1. The topological polar surface area (TPSA) is 68.2 Å². The van der Waals surface area contributed by atoms with Crippen LogP contribution in [-0.2, 0) is 9.84 Å². The van der Waals surface area contributed by atoms with Crippen LogP contribution >= 0.6 is 0 Å². The van der Waals surface area contributed by atoms with Gasteiger partial charge in [0.2, 0.25) is 0 Å². The number of anilines is 1. The molecule has 1 amide bonds. The average molecular weight is 380 g/mol. The van der Waals surface area contributed by atoms with Crippen LogP contribution in [0.15, 0.2) is 59.5 Å². The fourth-order valence-corrected chi connectivity index (χ4v) is 3.79. The molecule has 0 aliphatic rings. The Morgan fingerprint density at radius 2 is 1.67 bits per heavy atom. The molecule has 138 valence electrons. The van der Waals surface area contributed by atoms with Crippen LogP contribution in [0.3, 0.4) is 0 Å². The molecule has 1 aromatic heterocycles. The Morgan fingerprint density at radius 1 is 1.04 bits per heavy atom. The molecule has 0 saturated carbocycles. The van der Waals surface area contributed by atoms with Crippen LogP contribution in [0.2, 0.25) is 0 Å². The molecule has 0 aliphatic carbocycles. The van der Waals surface area contributed by atoms with Crippen molar-refractivity contribution < 1.29 is 13.2 Å². The highest BCUT2D eigenvalue weighted by atomic mass is 32.2. The summed E-state index contributed by atoms with van der Waals surface area (Å²) in [5, 5.41) is 2.84. The molecule has 0 bridgehead atoms. The van der Waals surface area contributed by atoms with E-state index in [-0.39, 0.29) is 10.8 Å². The van der Waals surface area contributed by atoms with Crippen molar-refractivity contribution in [3.8, 4) is 5.69 Å². The van der Waals surface area contributed by atoms with Gasteiger partial charge in [0.15, 0.2) is 9.84 Å². The lowest BCUT2D eigenvalue weighted by molar-refractivity contribution is 0.102. The van der Waals surface area contributed by atoms with Gasteiger partial charge in [-0.05, 0) is 50.2 Å². The molecule has 1 heterocycles. The number of para-hydroxylation sites is 1. The van der Waals surface area contributed by atoms with E-state index in [9.17, 15) is 13.2 Å². The molecule has 0 radical (unpaired) electrons. The fourth-order valence-electron chi connectivity index (χ4n) is 3.16. The Balaban J connectivity index is 1.90. The minimum absolute atomic E-state index is 0.221. The lowest BCUT2D eigenvalue weighted by atomic mass is 9.94. The predicted octanol–water partition coefficient (Wildman–Crippen LogP) is 2.01. The second-order valence-electron chi connectivity index (χ2n) is 6.66. The molecule has 0 atom stereocenters. The third-order valence-electron chi connectivity index (χ3n) is 4.57. The molecular weight excluding hydrogens is 359 g/mol. The van der Waals surface area contributed by atoms with E-state index in [2.05, 4.69) is 9.88 Å². The van der Waals surface area contributed by atoms with Crippen LogP contribution in [0.25, 0.3) is 5.69 Å². The van der Waals surface area contributed by atoms with Gasteiger partial charge in [-0.25, -0.2) is 8.42 Å². The zero-order valence-electron chi connectivity index (χ0n) is 15.8. The van der Waals surface area contributed by atoms with Crippen LogP contribution in [0.5, 0.6) is 0 Å². The van der Waals surface area contributed by atoms with Crippen LogP contribution < -0.4 is 10.8 Å². The highest BCUT2D eigenvalue weighted by Crippen LogP contribution is 2.21. The minimum atomic E-state index is -3.26. The van der Waals surface area contributed by atoms with Gasteiger partial charge in [-0.3, -0.25) is 4.79 Å². The Morgan fingerprint density at radius 3 is 2.26 bits per heavy atom. The highest BCUT2D eigenvalue weighted by Gasteiger charge is 2.17. The van der Waals surface area contributed by atoms with Gasteiger partial charge in [-0.15, -0.1) is 0 Å². The molecule has 0 aliphatic heterocycles.